The number of β-amino-alcohol motifs (C(OH)–C–C–N with tert-alkyl or cyclic N) is 1. The van der Waals surface area contributed by atoms with Crippen molar-refractivity contribution in [2.45, 2.75) is 18.9 Å². The number of nitrogens with one attached hydrogen (secondary N) is 1. The van der Waals surface area contributed by atoms with Gasteiger partial charge in [-0.25, -0.2) is 0 Å². The van der Waals surface area contributed by atoms with E-state index >= 15 is 0 Å². The summed E-state index contributed by atoms with van der Waals surface area (Å²) in [7, 11) is 0. The average molecular weight is 297 g/mol. The number of hydrogen-bond acceptors (Lipinski definition) is 3. The Morgan fingerprint density at radius 1 is 1.35 bits per heavy atom. The second-order valence-electron chi connectivity index (χ2n) is 5.02. The molecular formula is C14H17ClN2O3. The number of benzene rings is 1. The van der Waals surface area contributed by atoms with E-state index in [1.54, 1.807) is 24.3 Å². The van der Waals surface area contributed by atoms with E-state index in [-0.39, 0.29) is 18.4 Å². The zero-order valence-electron chi connectivity index (χ0n) is 11.2. The van der Waals surface area contributed by atoms with Crippen LogP contribution in [0.1, 0.15) is 23.7 Å². The molecule has 1 aromatic rings. The monoisotopic (exact) mass is 296 g/mol. The molecule has 1 aromatic carbocycles. The van der Waals surface area contributed by atoms with Crippen LogP contribution in [0.15, 0.2) is 24.3 Å². The quantitative estimate of drug-likeness (QED) is 0.873. The van der Waals surface area contributed by atoms with Gasteiger partial charge in [0, 0.05) is 10.6 Å². The number of amides is 2. The Kier molecular flexibility index (Phi) is 4.30. The third-order valence-electron chi connectivity index (χ3n) is 3.49. The fraction of sp³-hybridized carbons (Fsp3) is 0.429. The lowest BCUT2D eigenvalue weighted by molar-refractivity contribution is -0.154. The van der Waals surface area contributed by atoms with Gasteiger partial charge >= 0.3 is 0 Å². The number of hydrogen-bond donors (Lipinski definition) is 2. The highest BCUT2D eigenvalue weighted by Crippen LogP contribution is 2.23. The van der Waals surface area contributed by atoms with Gasteiger partial charge in [-0.15, -0.1) is 0 Å². The highest BCUT2D eigenvalue weighted by Gasteiger charge is 2.41. The molecule has 1 saturated heterocycles. The lowest BCUT2D eigenvalue weighted by Gasteiger charge is -2.46. The molecule has 6 heteroatoms. The minimum Gasteiger partial charge on any atom is -0.386 e. The molecule has 5 nitrogen and oxygen atoms in total. The smallest absolute Gasteiger partial charge is 0.251 e. The standard InChI is InChI=1S/C14H17ClN2O3/c1-2-14(20)8-17(9-14)12(18)7-16-13(19)10-3-5-11(15)6-4-10/h3-6,20H,2,7-9H2,1H3,(H,16,19). The number of nitrogens with zero attached hydrogens (tertiary/aromatic N) is 1. The van der Waals surface area contributed by atoms with Gasteiger partial charge in [0.15, 0.2) is 0 Å². The molecule has 1 aliphatic rings. The van der Waals surface area contributed by atoms with E-state index in [9.17, 15) is 14.7 Å². The first-order valence-electron chi connectivity index (χ1n) is 6.47. The van der Waals surface area contributed by atoms with Gasteiger partial charge in [0.25, 0.3) is 5.91 Å². The third kappa shape index (κ3) is 3.29. The van der Waals surface area contributed by atoms with Gasteiger partial charge < -0.3 is 15.3 Å². The van der Waals surface area contributed by atoms with Crippen molar-refractivity contribution >= 4 is 23.4 Å². The van der Waals surface area contributed by atoms with Crippen LogP contribution in [0, 0.1) is 0 Å². The maximum absolute atomic E-state index is 11.8. The first-order valence-corrected chi connectivity index (χ1v) is 6.85. The van der Waals surface area contributed by atoms with E-state index in [4.69, 9.17) is 11.6 Å². The van der Waals surface area contributed by atoms with Crippen molar-refractivity contribution in [3.63, 3.8) is 0 Å². The van der Waals surface area contributed by atoms with Crippen molar-refractivity contribution < 1.29 is 14.7 Å². The lowest BCUT2D eigenvalue weighted by Crippen LogP contribution is -2.64. The molecule has 0 spiro atoms. The van der Waals surface area contributed by atoms with E-state index in [0.717, 1.165) is 0 Å². The number of carbonyl (C=O) groups is 2. The summed E-state index contributed by atoms with van der Waals surface area (Å²) in [5.74, 6) is -0.508. The van der Waals surface area contributed by atoms with Crippen LogP contribution in [0.4, 0.5) is 0 Å². The van der Waals surface area contributed by atoms with Gasteiger partial charge in [-0.3, -0.25) is 9.59 Å². The van der Waals surface area contributed by atoms with Gasteiger partial charge in [-0.2, -0.15) is 0 Å². The molecule has 0 radical (unpaired) electrons. The van der Waals surface area contributed by atoms with Crippen LogP contribution < -0.4 is 5.32 Å². The Morgan fingerprint density at radius 3 is 2.50 bits per heavy atom. The molecule has 0 aliphatic carbocycles. The van der Waals surface area contributed by atoms with Gasteiger partial charge in [0.1, 0.15) is 0 Å². The summed E-state index contributed by atoms with van der Waals surface area (Å²) in [4.78, 5) is 25.1. The van der Waals surface area contributed by atoms with Gasteiger partial charge in [-0.1, -0.05) is 18.5 Å². The zero-order chi connectivity index (χ0) is 14.8. The average Bonchev–Trinajstić information content (AvgIpc) is 2.41. The fourth-order valence-electron chi connectivity index (χ4n) is 2.04. The fourth-order valence-corrected chi connectivity index (χ4v) is 2.16. The predicted molar refractivity (Wildman–Crippen MR) is 75.6 cm³/mol. The molecule has 108 valence electrons. The van der Waals surface area contributed by atoms with Crippen molar-refractivity contribution in [3.05, 3.63) is 34.9 Å². The van der Waals surface area contributed by atoms with E-state index < -0.39 is 5.60 Å². The Balaban J connectivity index is 1.79. The topological polar surface area (TPSA) is 69.6 Å². The summed E-state index contributed by atoms with van der Waals surface area (Å²) >= 11 is 5.74. The number of halogens is 1. The molecule has 0 atom stereocenters. The molecule has 2 N–H and O–H groups in total. The van der Waals surface area contributed by atoms with Crippen molar-refractivity contribution in [1.82, 2.24) is 10.2 Å². The number of rotatable bonds is 4. The molecule has 0 unspecified atom stereocenters. The highest BCUT2D eigenvalue weighted by molar-refractivity contribution is 6.30. The summed E-state index contributed by atoms with van der Waals surface area (Å²) in [6, 6.07) is 6.44. The van der Waals surface area contributed by atoms with Crippen molar-refractivity contribution in [2.24, 2.45) is 0 Å². The van der Waals surface area contributed by atoms with E-state index in [2.05, 4.69) is 5.32 Å². The minimum absolute atomic E-state index is 0.0682. The van der Waals surface area contributed by atoms with Crippen molar-refractivity contribution in [2.75, 3.05) is 19.6 Å². The van der Waals surface area contributed by atoms with Gasteiger partial charge in [0.05, 0.1) is 25.2 Å². The van der Waals surface area contributed by atoms with Crippen LogP contribution in [0.5, 0.6) is 0 Å². The van der Waals surface area contributed by atoms with Crippen LogP contribution in [-0.4, -0.2) is 47.1 Å². The van der Waals surface area contributed by atoms with Crippen molar-refractivity contribution in [3.8, 4) is 0 Å². The Hall–Kier alpha value is -1.59. The number of carbonyl (C=O) groups excluding carboxylic acids is 2. The molecule has 0 saturated carbocycles. The molecule has 2 rings (SSSR count). The van der Waals surface area contributed by atoms with Gasteiger partial charge in [-0.05, 0) is 30.7 Å². The summed E-state index contributed by atoms with van der Waals surface area (Å²) in [6.45, 7) is 2.48. The SMILES string of the molecule is CCC1(O)CN(C(=O)CNC(=O)c2ccc(Cl)cc2)C1. The van der Waals surface area contributed by atoms with E-state index in [0.29, 0.717) is 30.1 Å². The maximum Gasteiger partial charge on any atom is 0.251 e. The minimum atomic E-state index is -0.754. The molecule has 0 bridgehead atoms. The number of aliphatic hydroxyl groups is 1. The Morgan fingerprint density at radius 2 is 1.95 bits per heavy atom. The first-order chi connectivity index (χ1) is 9.43. The molecule has 20 heavy (non-hydrogen) atoms. The van der Waals surface area contributed by atoms with Crippen LogP contribution in [0.25, 0.3) is 0 Å². The van der Waals surface area contributed by atoms with Crippen LogP contribution in [0.3, 0.4) is 0 Å². The Labute approximate surface area is 122 Å². The normalized spacial score (nSPS) is 16.4. The summed E-state index contributed by atoms with van der Waals surface area (Å²) < 4.78 is 0. The first kappa shape index (κ1) is 14.8. The lowest BCUT2D eigenvalue weighted by atomic mass is 9.91. The van der Waals surface area contributed by atoms with E-state index in [1.807, 2.05) is 6.92 Å². The van der Waals surface area contributed by atoms with Crippen LogP contribution in [0.2, 0.25) is 5.02 Å². The molecule has 1 fully saturated rings. The van der Waals surface area contributed by atoms with Gasteiger partial charge in [0.2, 0.25) is 5.91 Å². The summed E-state index contributed by atoms with van der Waals surface area (Å²) in [6.07, 6.45) is 0.619. The molecular weight excluding hydrogens is 280 g/mol. The summed E-state index contributed by atoms with van der Waals surface area (Å²) in [5.41, 5.74) is -0.300. The number of likely N-dealkylation sites (tertiary alicyclic amines) is 1. The zero-order valence-corrected chi connectivity index (χ0v) is 12.0. The molecule has 1 aliphatic heterocycles. The third-order valence-corrected chi connectivity index (χ3v) is 3.74. The van der Waals surface area contributed by atoms with Crippen LogP contribution in [-0.2, 0) is 4.79 Å². The molecule has 0 aromatic heterocycles. The molecule has 1 heterocycles. The Bertz CT molecular complexity index is 510. The summed E-state index contributed by atoms with van der Waals surface area (Å²) in [5, 5.41) is 12.9. The highest BCUT2D eigenvalue weighted by atomic mass is 35.5. The van der Waals surface area contributed by atoms with Crippen LogP contribution >= 0.6 is 11.6 Å². The van der Waals surface area contributed by atoms with E-state index in [1.165, 1.54) is 4.90 Å². The predicted octanol–water partition coefficient (Wildman–Crippen LogP) is 1.05. The second kappa shape index (κ2) is 5.81. The molecule has 2 amide bonds. The van der Waals surface area contributed by atoms with Crippen molar-refractivity contribution in [1.29, 1.82) is 0 Å². The second-order valence-corrected chi connectivity index (χ2v) is 5.45. The largest absolute Gasteiger partial charge is 0.386 e. The maximum atomic E-state index is 11.8.